The van der Waals surface area contributed by atoms with Crippen LogP contribution in [0.2, 0.25) is 0 Å². The smallest absolute Gasteiger partial charge is 0.259 e. The molecule has 0 atom stereocenters. The Morgan fingerprint density at radius 3 is 2.65 bits per heavy atom. The second-order valence-electron chi connectivity index (χ2n) is 4.95. The summed E-state index contributed by atoms with van der Waals surface area (Å²) < 4.78 is 5.18. The third-order valence-corrected chi connectivity index (χ3v) is 5.49. The number of thiophene rings is 2. The molecule has 0 bridgehead atoms. The highest BCUT2D eigenvalue weighted by atomic mass is 32.1. The summed E-state index contributed by atoms with van der Waals surface area (Å²) in [6.45, 7) is 0. The van der Waals surface area contributed by atoms with Crippen molar-refractivity contribution in [2.75, 3.05) is 7.11 Å². The zero-order valence-corrected chi connectivity index (χ0v) is 13.8. The third-order valence-electron chi connectivity index (χ3n) is 3.53. The summed E-state index contributed by atoms with van der Waals surface area (Å²) in [5.41, 5.74) is 0.945. The summed E-state index contributed by atoms with van der Waals surface area (Å²) in [7, 11) is 1.64. The maximum Gasteiger partial charge on any atom is 0.259 e. The van der Waals surface area contributed by atoms with Crippen molar-refractivity contribution in [2.24, 2.45) is 0 Å². The van der Waals surface area contributed by atoms with Crippen LogP contribution in [-0.4, -0.2) is 17.1 Å². The lowest BCUT2D eigenvalue weighted by Gasteiger charge is -2.00. The first-order chi connectivity index (χ1) is 11.2. The molecular weight excluding hydrogens is 328 g/mol. The van der Waals surface area contributed by atoms with Gasteiger partial charge in [0.15, 0.2) is 5.82 Å². The van der Waals surface area contributed by atoms with Crippen LogP contribution < -0.4 is 10.3 Å². The van der Waals surface area contributed by atoms with Crippen LogP contribution in [0.1, 0.15) is 0 Å². The Bertz CT molecular complexity index is 1020. The van der Waals surface area contributed by atoms with Gasteiger partial charge in [0, 0.05) is 4.88 Å². The van der Waals surface area contributed by atoms with E-state index in [9.17, 15) is 4.79 Å². The minimum atomic E-state index is -0.102. The Morgan fingerprint density at radius 2 is 1.96 bits per heavy atom. The molecule has 0 saturated heterocycles. The Balaban J connectivity index is 1.84. The highest BCUT2D eigenvalue weighted by Gasteiger charge is 2.11. The highest BCUT2D eigenvalue weighted by molar-refractivity contribution is 7.21. The number of aromatic amines is 1. The SMILES string of the molecule is COc1ccc(-c2cc3c(=O)[nH]c(-c4cccs4)nc3s2)cc1. The van der Waals surface area contributed by atoms with Gasteiger partial charge in [-0.1, -0.05) is 6.07 Å². The van der Waals surface area contributed by atoms with Crippen LogP contribution in [0.15, 0.2) is 52.6 Å². The van der Waals surface area contributed by atoms with Crippen molar-refractivity contribution in [3.05, 3.63) is 58.2 Å². The minimum absolute atomic E-state index is 0.102. The first-order valence-corrected chi connectivity index (χ1v) is 8.66. The predicted octanol–water partition coefficient (Wildman–Crippen LogP) is 4.39. The van der Waals surface area contributed by atoms with E-state index in [0.29, 0.717) is 11.2 Å². The first kappa shape index (κ1) is 14.2. The number of fused-ring (bicyclic) bond motifs is 1. The van der Waals surface area contributed by atoms with E-state index >= 15 is 0 Å². The van der Waals surface area contributed by atoms with Crippen LogP contribution >= 0.6 is 22.7 Å². The van der Waals surface area contributed by atoms with Crippen molar-refractivity contribution in [3.8, 4) is 26.9 Å². The Morgan fingerprint density at radius 1 is 1.13 bits per heavy atom. The zero-order valence-electron chi connectivity index (χ0n) is 12.2. The van der Waals surface area contributed by atoms with Gasteiger partial charge in [-0.3, -0.25) is 4.79 Å². The molecule has 0 aliphatic carbocycles. The fourth-order valence-corrected chi connectivity index (χ4v) is 4.07. The van der Waals surface area contributed by atoms with Crippen molar-refractivity contribution in [1.29, 1.82) is 0 Å². The Labute approximate surface area is 140 Å². The van der Waals surface area contributed by atoms with Gasteiger partial charge >= 0.3 is 0 Å². The van der Waals surface area contributed by atoms with Gasteiger partial charge in [0.2, 0.25) is 0 Å². The fourth-order valence-electron chi connectivity index (χ4n) is 2.36. The molecule has 114 valence electrons. The van der Waals surface area contributed by atoms with Crippen molar-refractivity contribution < 1.29 is 4.74 Å². The molecule has 4 aromatic rings. The molecule has 3 aromatic heterocycles. The maximum atomic E-state index is 12.3. The van der Waals surface area contributed by atoms with Crippen LogP contribution in [0.4, 0.5) is 0 Å². The van der Waals surface area contributed by atoms with E-state index in [4.69, 9.17) is 4.74 Å². The predicted molar refractivity (Wildman–Crippen MR) is 95.5 cm³/mol. The van der Waals surface area contributed by atoms with E-state index in [1.807, 2.05) is 47.8 Å². The first-order valence-electron chi connectivity index (χ1n) is 6.97. The van der Waals surface area contributed by atoms with Crippen LogP contribution in [0.3, 0.4) is 0 Å². The number of H-pyrrole nitrogens is 1. The monoisotopic (exact) mass is 340 g/mol. The highest BCUT2D eigenvalue weighted by Crippen LogP contribution is 2.33. The van der Waals surface area contributed by atoms with E-state index in [0.717, 1.165) is 25.9 Å². The molecule has 4 nitrogen and oxygen atoms in total. The van der Waals surface area contributed by atoms with Crippen LogP contribution in [-0.2, 0) is 0 Å². The summed E-state index contributed by atoms with van der Waals surface area (Å²) in [4.78, 5) is 22.5. The topological polar surface area (TPSA) is 55.0 Å². The number of benzene rings is 1. The molecule has 3 heterocycles. The van der Waals surface area contributed by atoms with Crippen molar-refractivity contribution >= 4 is 32.9 Å². The molecule has 0 fully saturated rings. The summed E-state index contributed by atoms with van der Waals surface area (Å²) >= 11 is 3.08. The van der Waals surface area contributed by atoms with Gasteiger partial charge in [-0.2, -0.15) is 0 Å². The van der Waals surface area contributed by atoms with Crippen molar-refractivity contribution in [1.82, 2.24) is 9.97 Å². The average Bonchev–Trinajstić information content (AvgIpc) is 3.24. The van der Waals surface area contributed by atoms with Gasteiger partial charge < -0.3 is 9.72 Å². The van der Waals surface area contributed by atoms with E-state index in [1.165, 1.54) is 11.3 Å². The van der Waals surface area contributed by atoms with E-state index in [2.05, 4.69) is 9.97 Å². The maximum absolute atomic E-state index is 12.3. The minimum Gasteiger partial charge on any atom is -0.497 e. The van der Waals surface area contributed by atoms with Gasteiger partial charge in [-0.05, 0) is 47.3 Å². The molecule has 23 heavy (non-hydrogen) atoms. The van der Waals surface area contributed by atoms with E-state index in [-0.39, 0.29) is 5.56 Å². The molecule has 6 heteroatoms. The molecule has 1 N–H and O–H groups in total. The Hall–Kier alpha value is -2.44. The second kappa shape index (κ2) is 5.64. The number of hydrogen-bond donors (Lipinski definition) is 1. The molecular formula is C17H12N2O2S2. The number of nitrogens with zero attached hydrogens (tertiary/aromatic N) is 1. The van der Waals surface area contributed by atoms with E-state index < -0.39 is 0 Å². The van der Waals surface area contributed by atoms with Gasteiger partial charge in [-0.25, -0.2) is 4.98 Å². The molecule has 0 saturated carbocycles. The summed E-state index contributed by atoms with van der Waals surface area (Å²) in [6.07, 6.45) is 0. The van der Waals surface area contributed by atoms with E-state index in [1.54, 1.807) is 18.4 Å². The Kier molecular flexibility index (Phi) is 3.48. The number of methoxy groups -OCH3 is 1. The lowest BCUT2D eigenvalue weighted by Crippen LogP contribution is -2.07. The number of rotatable bonds is 3. The number of nitrogens with one attached hydrogen (secondary N) is 1. The number of aromatic nitrogens is 2. The third kappa shape index (κ3) is 2.56. The lowest BCUT2D eigenvalue weighted by atomic mass is 10.2. The summed E-state index contributed by atoms with van der Waals surface area (Å²) in [5.74, 6) is 1.44. The summed E-state index contributed by atoms with van der Waals surface area (Å²) in [5, 5.41) is 2.60. The van der Waals surface area contributed by atoms with Gasteiger partial charge in [0.1, 0.15) is 10.6 Å². The molecule has 0 radical (unpaired) electrons. The summed E-state index contributed by atoms with van der Waals surface area (Å²) in [6, 6.07) is 13.6. The number of hydrogen-bond acceptors (Lipinski definition) is 5. The molecule has 0 spiro atoms. The fraction of sp³-hybridized carbons (Fsp3) is 0.0588. The van der Waals surface area contributed by atoms with Crippen molar-refractivity contribution in [2.45, 2.75) is 0 Å². The standard InChI is InChI=1S/C17H12N2O2S2/c1-21-11-6-4-10(5-7-11)14-9-12-16(20)18-15(19-17(12)23-14)13-3-2-8-22-13/h2-9H,1H3,(H,18,19,20). The number of ether oxygens (including phenoxy) is 1. The van der Waals surface area contributed by atoms with Crippen molar-refractivity contribution in [3.63, 3.8) is 0 Å². The van der Waals surface area contributed by atoms with Crippen LogP contribution in [0.5, 0.6) is 5.75 Å². The molecule has 1 aromatic carbocycles. The molecule has 0 aliphatic rings. The largest absolute Gasteiger partial charge is 0.497 e. The zero-order chi connectivity index (χ0) is 15.8. The van der Waals surface area contributed by atoms with Gasteiger partial charge in [0.25, 0.3) is 5.56 Å². The molecule has 0 unspecified atom stereocenters. The van der Waals surface area contributed by atoms with Gasteiger partial charge in [-0.15, -0.1) is 22.7 Å². The van der Waals surface area contributed by atoms with Crippen LogP contribution in [0.25, 0.3) is 31.4 Å². The molecule has 0 aliphatic heterocycles. The normalized spacial score (nSPS) is 11.0. The lowest BCUT2D eigenvalue weighted by molar-refractivity contribution is 0.415. The average molecular weight is 340 g/mol. The van der Waals surface area contributed by atoms with Gasteiger partial charge in [0.05, 0.1) is 17.4 Å². The molecule has 0 amide bonds. The van der Waals surface area contributed by atoms with Crippen LogP contribution in [0, 0.1) is 0 Å². The quantitative estimate of drug-likeness (QED) is 0.602. The second-order valence-corrected chi connectivity index (χ2v) is 6.93. The molecule has 4 rings (SSSR count).